The summed E-state index contributed by atoms with van der Waals surface area (Å²) in [7, 11) is 0. The van der Waals surface area contributed by atoms with E-state index in [4.69, 9.17) is 4.74 Å². The van der Waals surface area contributed by atoms with Crippen LogP contribution < -0.4 is 5.32 Å². The van der Waals surface area contributed by atoms with E-state index in [2.05, 4.69) is 15.3 Å². The number of benzene rings is 1. The van der Waals surface area contributed by atoms with E-state index in [1.165, 1.54) is 5.56 Å². The highest BCUT2D eigenvalue weighted by molar-refractivity contribution is 5.91. The standard InChI is InChI=1S/C18H24N4O2/c1-15-2-4-16(5-3-15)12-18(23)20-17-13-19-22(14-17)7-6-21-8-10-24-11-9-21/h2-5,13-14H,6-12H2,1H3,(H,20,23). The van der Waals surface area contributed by atoms with E-state index in [1.807, 2.05) is 42.1 Å². The van der Waals surface area contributed by atoms with Crippen LogP contribution >= 0.6 is 0 Å². The molecular formula is C18H24N4O2. The van der Waals surface area contributed by atoms with Gasteiger partial charge in [0.2, 0.25) is 5.91 Å². The van der Waals surface area contributed by atoms with Crippen molar-refractivity contribution in [3.05, 3.63) is 47.8 Å². The summed E-state index contributed by atoms with van der Waals surface area (Å²) in [4.78, 5) is 14.5. The van der Waals surface area contributed by atoms with Crippen molar-refractivity contribution < 1.29 is 9.53 Å². The van der Waals surface area contributed by atoms with Crippen LogP contribution in [0.3, 0.4) is 0 Å². The van der Waals surface area contributed by atoms with Gasteiger partial charge < -0.3 is 10.1 Å². The average molecular weight is 328 g/mol. The molecule has 1 aromatic carbocycles. The molecule has 0 saturated carbocycles. The first-order chi connectivity index (χ1) is 11.7. The summed E-state index contributed by atoms with van der Waals surface area (Å²) in [5.74, 6) is -0.0217. The average Bonchev–Trinajstić information content (AvgIpc) is 3.03. The van der Waals surface area contributed by atoms with Gasteiger partial charge in [0, 0.05) is 25.8 Å². The van der Waals surface area contributed by atoms with Crippen LogP contribution in [-0.4, -0.2) is 53.4 Å². The SMILES string of the molecule is Cc1ccc(CC(=O)Nc2cnn(CCN3CCOCC3)c2)cc1. The van der Waals surface area contributed by atoms with Crippen LogP contribution in [0.1, 0.15) is 11.1 Å². The van der Waals surface area contributed by atoms with Crippen molar-refractivity contribution in [2.45, 2.75) is 19.9 Å². The van der Waals surface area contributed by atoms with E-state index in [0.29, 0.717) is 6.42 Å². The Morgan fingerprint density at radius 1 is 1.21 bits per heavy atom. The molecule has 1 aliphatic heterocycles. The van der Waals surface area contributed by atoms with Gasteiger partial charge in [-0.3, -0.25) is 14.4 Å². The minimum atomic E-state index is -0.0217. The summed E-state index contributed by atoms with van der Waals surface area (Å²) in [5.41, 5.74) is 2.95. The minimum absolute atomic E-state index is 0.0217. The Balaban J connectivity index is 1.46. The predicted octanol–water partition coefficient (Wildman–Crippen LogP) is 1.70. The van der Waals surface area contributed by atoms with Crippen molar-refractivity contribution in [3.63, 3.8) is 0 Å². The van der Waals surface area contributed by atoms with E-state index in [-0.39, 0.29) is 5.91 Å². The van der Waals surface area contributed by atoms with Crippen LogP contribution in [0.25, 0.3) is 0 Å². The van der Waals surface area contributed by atoms with Gasteiger partial charge in [0.05, 0.1) is 38.1 Å². The first-order valence-electron chi connectivity index (χ1n) is 8.37. The molecule has 0 aliphatic carbocycles. The number of carbonyl (C=O) groups excluding carboxylic acids is 1. The number of amides is 1. The van der Waals surface area contributed by atoms with Gasteiger partial charge in [-0.2, -0.15) is 5.10 Å². The maximum Gasteiger partial charge on any atom is 0.228 e. The number of nitrogens with zero attached hydrogens (tertiary/aromatic N) is 3. The smallest absolute Gasteiger partial charge is 0.228 e. The maximum absolute atomic E-state index is 12.1. The van der Waals surface area contributed by atoms with Crippen LogP contribution in [0.15, 0.2) is 36.7 Å². The third-order valence-electron chi connectivity index (χ3n) is 4.15. The Hall–Kier alpha value is -2.18. The summed E-state index contributed by atoms with van der Waals surface area (Å²) >= 11 is 0. The molecule has 1 amide bonds. The molecule has 1 N–H and O–H groups in total. The van der Waals surface area contributed by atoms with Crippen molar-refractivity contribution in [1.29, 1.82) is 0 Å². The molecule has 128 valence electrons. The number of nitrogens with one attached hydrogen (secondary N) is 1. The van der Waals surface area contributed by atoms with Gasteiger partial charge in [-0.25, -0.2) is 0 Å². The molecule has 1 fully saturated rings. The van der Waals surface area contributed by atoms with Crippen LogP contribution in [0.5, 0.6) is 0 Å². The Labute approximate surface area is 142 Å². The van der Waals surface area contributed by atoms with Gasteiger partial charge in [0.1, 0.15) is 0 Å². The summed E-state index contributed by atoms with van der Waals surface area (Å²) in [6.45, 7) is 7.35. The van der Waals surface area contributed by atoms with Crippen LogP contribution in [0.2, 0.25) is 0 Å². The number of hydrogen-bond donors (Lipinski definition) is 1. The fourth-order valence-electron chi connectivity index (χ4n) is 2.72. The highest BCUT2D eigenvalue weighted by Crippen LogP contribution is 2.08. The van der Waals surface area contributed by atoms with Gasteiger partial charge in [0.25, 0.3) is 0 Å². The van der Waals surface area contributed by atoms with Crippen molar-refractivity contribution in [2.24, 2.45) is 0 Å². The van der Waals surface area contributed by atoms with Crippen LogP contribution in [0.4, 0.5) is 5.69 Å². The van der Waals surface area contributed by atoms with E-state index < -0.39 is 0 Å². The lowest BCUT2D eigenvalue weighted by Crippen LogP contribution is -2.38. The quantitative estimate of drug-likeness (QED) is 0.877. The second-order valence-corrected chi connectivity index (χ2v) is 6.16. The molecule has 1 aromatic heterocycles. The molecule has 0 unspecified atom stereocenters. The highest BCUT2D eigenvalue weighted by Gasteiger charge is 2.10. The van der Waals surface area contributed by atoms with Crippen molar-refractivity contribution >= 4 is 11.6 Å². The topological polar surface area (TPSA) is 59.4 Å². The number of rotatable bonds is 6. The molecule has 6 nitrogen and oxygen atoms in total. The van der Waals surface area contributed by atoms with E-state index >= 15 is 0 Å². The molecule has 1 aliphatic rings. The Morgan fingerprint density at radius 2 is 1.96 bits per heavy atom. The second-order valence-electron chi connectivity index (χ2n) is 6.16. The molecule has 0 atom stereocenters. The minimum Gasteiger partial charge on any atom is -0.379 e. The zero-order chi connectivity index (χ0) is 16.8. The lowest BCUT2D eigenvalue weighted by atomic mass is 10.1. The number of anilines is 1. The fraction of sp³-hybridized carbons (Fsp3) is 0.444. The molecule has 0 spiro atoms. The second kappa shape index (κ2) is 8.08. The lowest BCUT2D eigenvalue weighted by molar-refractivity contribution is -0.115. The first kappa shape index (κ1) is 16.7. The number of hydrogen-bond acceptors (Lipinski definition) is 4. The van der Waals surface area contributed by atoms with Crippen LogP contribution in [-0.2, 0) is 22.5 Å². The zero-order valence-corrected chi connectivity index (χ0v) is 14.1. The fourth-order valence-corrected chi connectivity index (χ4v) is 2.72. The normalized spacial score (nSPS) is 15.4. The molecule has 24 heavy (non-hydrogen) atoms. The van der Waals surface area contributed by atoms with Crippen molar-refractivity contribution in [3.8, 4) is 0 Å². The summed E-state index contributed by atoms with van der Waals surface area (Å²) < 4.78 is 7.22. The van der Waals surface area contributed by atoms with Crippen LogP contribution in [0, 0.1) is 6.92 Å². The molecule has 0 radical (unpaired) electrons. The monoisotopic (exact) mass is 328 g/mol. The van der Waals surface area contributed by atoms with Gasteiger partial charge in [0.15, 0.2) is 0 Å². The molecular weight excluding hydrogens is 304 g/mol. The molecule has 2 heterocycles. The summed E-state index contributed by atoms with van der Waals surface area (Å²) in [6, 6.07) is 8.01. The number of carbonyl (C=O) groups is 1. The molecule has 3 rings (SSSR count). The Kier molecular flexibility index (Phi) is 5.61. The number of ether oxygens (including phenoxy) is 1. The van der Waals surface area contributed by atoms with Gasteiger partial charge in [-0.05, 0) is 12.5 Å². The summed E-state index contributed by atoms with van der Waals surface area (Å²) in [5, 5.41) is 7.22. The van der Waals surface area contributed by atoms with E-state index in [9.17, 15) is 4.79 Å². The lowest BCUT2D eigenvalue weighted by Gasteiger charge is -2.26. The molecule has 1 saturated heterocycles. The van der Waals surface area contributed by atoms with Gasteiger partial charge in [-0.15, -0.1) is 0 Å². The maximum atomic E-state index is 12.1. The molecule has 2 aromatic rings. The van der Waals surface area contributed by atoms with Crippen molar-refractivity contribution in [2.75, 3.05) is 38.2 Å². The third kappa shape index (κ3) is 4.91. The molecule has 0 bridgehead atoms. The first-order valence-corrected chi connectivity index (χ1v) is 8.37. The van der Waals surface area contributed by atoms with Crippen molar-refractivity contribution in [1.82, 2.24) is 14.7 Å². The third-order valence-corrected chi connectivity index (χ3v) is 4.15. The van der Waals surface area contributed by atoms with Gasteiger partial charge >= 0.3 is 0 Å². The van der Waals surface area contributed by atoms with Gasteiger partial charge in [-0.1, -0.05) is 29.8 Å². The zero-order valence-electron chi connectivity index (χ0n) is 14.1. The Morgan fingerprint density at radius 3 is 2.71 bits per heavy atom. The summed E-state index contributed by atoms with van der Waals surface area (Å²) in [6.07, 6.45) is 3.96. The number of morpholine rings is 1. The number of aryl methyl sites for hydroxylation is 1. The highest BCUT2D eigenvalue weighted by atomic mass is 16.5. The Bertz CT molecular complexity index is 660. The predicted molar refractivity (Wildman–Crippen MR) is 93.0 cm³/mol. The largest absolute Gasteiger partial charge is 0.379 e. The van der Waals surface area contributed by atoms with E-state index in [0.717, 1.165) is 50.6 Å². The number of aromatic nitrogens is 2. The molecule has 6 heteroatoms. The van der Waals surface area contributed by atoms with E-state index in [1.54, 1.807) is 6.20 Å².